The molecule has 0 aromatic rings. The van der Waals surface area contributed by atoms with Crippen LogP contribution >= 0.6 is 0 Å². The minimum absolute atomic E-state index is 0.187. The van der Waals surface area contributed by atoms with E-state index in [0.717, 1.165) is 23.9 Å². The average Bonchev–Trinajstić information content (AvgIpc) is 2.67. The van der Waals surface area contributed by atoms with E-state index in [2.05, 4.69) is 54.4 Å². The maximum absolute atomic E-state index is 6.75. The fourth-order valence-electron chi connectivity index (χ4n) is 4.08. The number of ether oxygens (including phenoxy) is 1. The molecule has 0 aliphatic rings. The SMILES string of the molecule is C=CCCC(CC(O[CH2][Sn]([CH2]CCC)([CH2]CCC)[CH2]CCC)C(=C)C)C(=C)C. The van der Waals surface area contributed by atoms with Crippen LogP contribution in [0.15, 0.2) is 37.0 Å². The summed E-state index contributed by atoms with van der Waals surface area (Å²) in [5.74, 6) is 0.506. The van der Waals surface area contributed by atoms with Gasteiger partial charge in [0.2, 0.25) is 0 Å². The van der Waals surface area contributed by atoms with Crippen LogP contribution in [0.25, 0.3) is 0 Å². The third kappa shape index (κ3) is 11.9. The number of allylic oxidation sites excluding steroid dienone is 2. The molecular weight excluding hydrogens is 447 g/mol. The van der Waals surface area contributed by atoms with Gasteiger partial charge in [-0.15, -0.1) is 0 Å². The van der Waals surface area contributed by atoms with Crippen LogP contribution in [0.4, 0.5) is 0 Å². The molecule has 0 fully saturated rings. The summed E-state index contributed by atoms with van der Waals surface area (Å²) in [6.45, 7) is 23.7. The minimum atomic E-state index is -2.25. The zero-order chi connectivity index (χ0) is 21.4. The van der Waals surface area contributed by atoms with Gasteiger partial charge in [-0.05, 0) is 0 Å². The number of rotatable bonds is 19. The first kappa shape index (κ1) is 28.0. The van der Waals surface area contributed by atoms with Gasteiger partial charge in [-0.25, -0.2) is 0 Å². The second-order valence-corrected chi connectivity index (χ2v) is 22.8. The van der Waals surface area contributed by atoms with Crippen molar-refractivity contribution in [2.24, 2.45) is 5.92 Å². The topological polar surface area (TPSA) is 9.23 Å². The molecule has 0 aliphatic heterocycles. The predicted octanol–water partition coefficient (Wildman–Crippen LogP) is 8.88. The van der Waals surface area contributed by atoms with Crippen molar-refractivity contribution in [2.45, 2.75) is 112 Å². The van der Waals surface area contributed by atoms with Gasteiger partial charge in [0.1, 0.15) is 0 Å². The van der Waals surface area contributed by atoms with Crippen molar-refractivity contribution < 1.29 is 4.74 Å². The van der Waals surface area contributed by atoms with Crippen molar-refractivity contribution in [1.82, 2.24) is 0 Å². The fourth-order valence-corrected chi connectivity index (χ4v) is 18.5. The summed E-state index contributed by atoms with van der Waals surface area (Å²) in [5, 5.41) is 0. The van der Waals surface area contributed by atoms with Gasteiger partial charge in [0.15, 0.2) is 0 Å². The molecule has 0 radical (unpaired) electrons. The Labute approximate surface area is 182 Å². The molecule has 0 heterocycles. The van der Waals surface area contributed by atoms with E-state index in [1.54, 1.807) is 0 Å². The quantitative estimate of drug-likeness (QED) is 0.128. The van der Waals surface area contributed by atoms with Gasteiger partial charge in [0.05, 0.1) is 0 Å². The Morgan fingerprint density at radius 2 is 1.39 bits per heavy atom. The van der Waals surface area contributed by atoms with Crippen LogP contribution in [0.5, 0.6) is 0 Å². The van der Waals surface area contributed by atoms with Gasteiger partial charge >= 0.3 is 182 Å². The predicted molar refractivity (Wildman–Crippen MR) is 132 cm³/mol. The molecule has 0 aliphatic carbocycles. The molecular formula is C26H50OSn. The molecule has 0 aromatic heterocycles. The van der Waals surface area contributed by atoms with Crippen LogP contribution in [-0.4, -0.2) is 29.1 Å². The molecule has 164 valence electrons. The molecule has 28 heavy (non-hydrogen) atoms. The second-order valence-electron chi connectivity index (χ2n) is 9.10. The van der Waals surface area contributed by atoms with Gasteiger partial charge in [0, 0.05) is 0 Å². The number of hydrogen-bond donors (Lipinski definition) is 0. The molecule has 0 amide bonds. The van der Waals surface area contributed by atoms with Gasteiger partial charge < -0.3 is 0 Å². The first-order valence-electron chi connectivity index (χ1n) is 11.9. The zero-order valence-electron chi connectivity index (χ0n) is 20.0. The summed E-state index contributed by atoms with van der Waals surface area (Å²) in [6, 6.07) is 0. The molecule has 0 saturated carbocycles. The molecule has 0 saturated heterocycles. The second kappa shape index (κ2) is 16.7. The summed E-state index contributed by atoms with van der Waals surface area (Å²) < 4.78 is 12.4. The molecule has 2 unspecified atom stereocenters. The third-order valence-electron chi connectivity index (χ3n) is 6.24. The number of hydrogen-bond acceptors (Lipinski definition) is 1. The van der Waals surface area contributed by atoms with Crippen LogP contribution < -0.4 is 0 Å². The Bertz CT molecular complexity index is 418. The van der Waals surface area contributed by atoms with Crippen LogP contribution in [0.2, 0.25) is 13.3 Å². The summed E-state index contributed by atoms with van der Waals surface area (Å²) in [4.78, 5) is 0. The van der Waals surface area contributed by atoms with Gasteiger partial charge in [0.25, 0.3) is 0 Å². The summed E-state index contributed by atoms with van der Waals surface area (Å²) >= 11 is -2.25. The van der Waals surface area contributed by atoms with E-state index in [1.165, 1.54) is 63.0 Å². The molecule has 0 N–H and O–H groups in total. The molecule has 2 atom stereocenters. The van der Waals surface area contributed by atoms with Crippen molar-refractivity contribution in [3.63, 3.8) is 0 Å². The van der Waals surface area contributed by atoms with E-state index in [1.807, 2.05) is 6.08 Å². The van der Waals surface area contributed by atoms with E-state index in [0.29, 0.717) is 5.92 Å². The van der Waals surface area contributed by atoms with Gasteiger partial charge in [-0.3, -0.25) is 0 Å². The van der Waals surface area contributed by atoms with Crippen molar-refractivity contribution in [3.8, 4) is 0 Å². The molecule has 0 spiro atoms. The monoisotopic (exact) mass is 498 g/mol. The van der Waals surface area contributed by atoms with Crippen molar-refractivity contribution in [1.29, 1.82) is 0 Å². The Balaban J connectivity index is 5.23. The Kier molecular flexibility index (Phi) is 16.7. The van der Waals surface area contributed by atoms with E-state index < -0.39 is 18.4 Å². The van der Waals surface area contributed by atoms with E-state index in [4.69, 9.17) is 4.74 Å². The van der Waals surface area contributed by atoms with Crippen molar-refractivity contribution in [3.05, 3.63) is 37.0 Å². The number of unbranched alkanes of at least 4 members (excludes halogenated alkanes) is 3. The molecule has 1 nitrogen and oxygen atoms in total. The maximum atomic E-state index is 6.75. The Hall–Kier alpha value is -0.0213. The normalized spacial score (nSPS) is 13.9. The Morgan fingerprint density at radius 3 is 1.75 bits per heavy atom. The van der Waals surface area contributed by atoms with Gasteiger partial charge in [-0.2, -0.15) is 0 Å². The van der Waals surface area contributed by atoms with Crippen molar-refractivity contribution in [2.75, 3.05) is 4.62 Å². The summed E-state index contributed by atoms with van der Waals surface area (Å²) in [5.41, 5.74) is 2.46. The van der Waals surface area contributed by atoms with Crippen LogP contribution in [0.1, 0.15) is 92.4 Å². The van der Waals surface area contributed by atoms with Crippen LogP contribution in [0.3, 0.4) is 0 Å². The van der Waals surface area contributed by atoms with Gasteiger partial charge in [-0.1, -0.05) is 0 Å². The summed E-state index contributed by atoms with van der Waals surface area (Å²) in [6.07, 6.45) is 13.6. The molecule has 0 aromatic carbocycles. The third-order valence-corrected chi connectivity index (χ3v) is 20.6. The van der Waals surface area contributed by atoms with Crippen molar-refractivity contribution >= 4 is 18.4 Å². The summed E-state index contributed by atoms with van der Waals surface area (Å²) in [7, 11) is 0. The zero-order valence-corrected chi connectivity index (χ0v) is 22.8. The molecule has 0 bridgehead atoms. The average molecular weight is 497 g/mol. The molecule has 0 rings (SSSR count). The Morgan fingerprint density at radius 1 is 0.893 bits per heavy atom. The van der Waals surface area contributed by atoms with Crippen LogP contribution in [-0.2, 0) is 4.74 Å². The van der Waals surface area contributed by atoms with E-state index >= 15 is 0 Å². The molecule has 2 heteroatoms. The first-order chi connectivity index (χ1) is 13.4. The van der Waals surface area contributed by atoms with E-state index in [9.17, 15) is 0 Å². The van der Waals surface area contributed by atoms with Crippen LogP contribution in [0, 0.1) is 5.92 Å². The first-order valence-corrected chi connectivity index (χ1v) is 20.0. The van der Waals surface area contributed by atoms with E-state index in [-0.39, 0.29) is 6.10 Å². The standard InChI is InChI=1S/C14H23O.3C4H9.Sn/c1-7-8-9-13(11(2)3)10-14(15-6)12(4)5;3*1-3-4-2;/h7,13-14H,1-2,4,6,8-10H2,3,5H3;3*1,3-4H2,2H3;. The fraction of sp³-hybridized carbons (Fsp3) is 0.769.